The Bertz CT molecular complexity index is 1140. The van der Waals surface area contributed by atoms with E-state index in [1.54, 1.807) is 6.07 Å². The van der Waals surface area contributed by atoms with Crippen LogP contribution in [0.1, 0.15) is 31.1 Å². The summed E-state index contributed by atoms with van der Waals surface area (Å²) in [5.74, 6) is 1.32. The molecule has 1 aromatic carbocycles. The molecule has 35 heavy (non-hydrogen) atoms. The highest BCUT2D eigenvalue weighted by atomic mass is 16.5. The van der Waals surface area contributed by atoms with Gasteiger partial charge in [0.1, 0.15) is 17.4 Å². The first-order chi connectivity index (χ1) is 16.9. The minimum Gasteiger partial charge on any atom is -0.492 e. The smallest absolute Gasteiger partial charge is 0.252 e. The van der Waals surface area contributed by atoms with E-state index >= 15 is 0 Å². The number of amides is 1. The first kappa shape index (κ1) is 24.3. The van der Waals surface area contributed by atoms with Gasteiger partial charge in [-0.2, -0.15) is 0 Å². The van der Waals surface area contributed by atoms with Gasteiger partial charge in [-0.3, -0.25) is 9.69 Å². The van der Waals surface area contributed by atoms with Crippen LogP contribution in [0.15, 0.2) is 54.9 Å². The van der Waals surface area contributed by atoms with E-state index in [1.165, 1.54) is 6.20 Å². The molecule has 0 radical (unpaired) electrons. The fraction of sp³-hybridized carbons (Fsp3) is 0.346. The lowest BCUT2D eigenvalue weighted by atomic mass is 10.2. The fourth-order valence-electron chi connectivity index (χ4n) is 4.09. The maximum absolute atomic E-state index is 12.0. The third-order valence-corrected chi connectivity index (χ3v) is 6.04. The van der Waals surface area contributed by atoms with E-state index in [9.17, 15) is 4.79 Å². The normalized spacial score (nSPS) is 14.1. The van der Waals surface area contributed by atoms with Gasteiger partial charge < -0.3 is 26.0 Å². The fourth-order valence-corrected chi connectivity index (χ4v) is 4.09. The molecule has 4 rings (SSSR count). The molecule has 1 aliphatic rings. The van der Waals surface area contributed by atoms with Gasteiger partial charge in [-0.15, -0.1) is 0 Å². The molecule has 1 aliphatic heterocycles. The number of anilines is 5. The Hall–Kier alpha value is -3.85. The average Bonchev–Trinajstić information content (AvgIpc) is 2.86. The van der Waals surface area contributed by atoms with E-state index in [4.69, 9.17) is 10.5 Å². The van der Waals surface area contributed by atoms with Gasteiger partial charge >= 0.3 is 0 Å². The standard InChI is InChI=1S/C26H33N7O2/c1-4-35-23-8-6-5-7-21(23)30-22-15-25(29-17-20(22)26(27)34)31-24-10-9-19(16-28-24)33-13-11-32(12-14-33)18(2)3/h5-10,15-18H,4,11-14H2,1-3H3,(H2,27,34)(H2,28,29,30,31). The van der Waals surface area contributed by atoms with Crippen LogP contribution in [0, 0.1) is 0 Å². The number of ether oxygens (including phenoxy) is 1. The molecule has 184 valence electrons. The first-order valence-corrected chi connectivity index (χ1v) is 12.0. The summed E-state index contributed by atoms with van der Waals surface area (Å²) in [6.07, 6.45) is 3.33. The molecule has 9 heteroatoms. The lowest BCUT2D eigenvalue weighted by Crippen LogP contribution is -2.48. The summed E-state index contributed by atoms with van der Waals surface area (Å²) in [5.41, 5.74) is 8.24. The highest BCUT2D eigenvalue weighted by Gasteiger charge is 2.19. The van der Waals surface area contributed by atoms with Gasteiger partial charge in [0.2, 0.25) is 0 Å². The molecule has 0 saturated carbocycles. The molecule has 9 nitrogen and oxygen atoms in total. The third kappa shape index (κ3) is 5.99. The van der Waals surface area contributed by atoms with E-state index in [0.29, 0.717) is 35.7 Å². The van der Waals surface area contributed by atoms with Crippen LogP contribution in [0.4, 0.5) is 28.7 Å². The third-order valence-electron chi connectivity index (χ3n) is 6.04. The van der Waals surface area contributed by atoms with Gasteiger partial charge in [0.15, 0.2) is 0 Å². The van der Waals surface area contributed by atoms with Crippen LogP contribution in [0.25, 0.3) is 0 Å². The zero-order chi connectivity index (χ0) is 24.8. The molecule has 0 atom stereocenters. The first-order valence-electron chi connectivity index (χ1n) is 12.0. The van der Waals surface area contributed by atoms with E-state index < -0.39 is 5.91 Å². The molecule has 0 spiro atoms. The maximum atomic E-state index is 12.0. The lowest BCUT2D eigenvalue weighted by molar-refractivity contribution is 0.100. The molecule has 0 bridgehead atoms. The largest absolute Gasteiger partial charge is 0.492 e. The van der Waals surface area contributed by atoms with Gasteiger partial charge in [0.25, 0.3) is 5.91 Å². The Labute approximate surface area is 206 Å². The lowest BCUT2D eigenvalue weighted by Gasteiger charge is -2.38. The van der Waals surface area contributed by atoms with Gasteiger partial charge in [0, 0.05) is 44.5 Å². The summed E-state index contributed by atoms with van der Waals surface area (Å²) in [6, 6.07) is 13.8. The minimum atomic E-state index is -0.569. The number of hydrogen-bond acceptors (Lipinski definition) is 8. The van der Waals surface area contributed by atoms with E-state index in [1.807, 2.05) is 43.5 Å². The summed E-state index contributed by atoms with van der Waals surface area (Å²) in [4.78, 5) is 25.8. The van der Waals surface area contributed by atoms with E-state index in [-0.39, 0.29) is 5.56 Å². The Morgan fingerprint density at radius 2 is 1.74 bits per heavy atom. The molecular formula is C26H33N7O2. The second kappa shape index (κ2) is 11.1. The number of carbonyl (C=O) groups is 1. The molecule has 1 amide bonds. The van der Waals surface area contributed by atoms with Crippen LogP contribution in [0.2, 0.25) is 0 Å². The zero-order valence-corrected chi connectivity index (χ0v) is 20.5. The molecule has 3 heterocycles. The van der Waals surface area contributed by atoms with Crippen molar-refractivity contribution in [2.45, 2.75) is 26.8 Å². The second-order valence-electron chi connectivity index (χ2n) is 8.68. The van der Waals surface area contributed by atoms with E-state index in [0.717, 1.165) is 37.6 Å². The van der Waals surface area contributed by atoms with Crippen molar-refractivity contribution in [3.05, 3.63) is 60.4 Å². The van der Waals surface area contributed by atoms with Crippen LogP contribution in [0.3, 0.4) is 0 Å². The van der Waals surface area contributed by atoms with Crippen molar-refractivity contribution >= 4 is 34.6 Å². The van der Waals surface area contributed by atoms with Crippen molar-refractivity contribution in [3.63, 3.8) is 0 Å². The number of hydrogen-bond donors (Lipinski definition) is 3. The number of primary amides is 1. The summed E-state index contributed by atoms with van der Waals surface area (Å²) in [7, 11) is 0. The quantitative estimate of drug-likeness (QED) is 0.426. The van der Waals surface area contributed by atoms with Gasteiger partial charge in [-0.05, 0) is 45.0 Å². The number of nitrogens with one attached hydrogen (secondary N) is 2. The number of carbonyl (C=O) groups excluding carboxylic acids is 1. The van der Waals surface area contributed by atoms with Crippen molar-refractivity contribution in [1.82, 2.24) is 14.9 Å². The zero-order valence-electron chi connectivity index (χ0n) is 20.5. The molecule has 0 unspecified atom stereocenters. The van der Waals surface area contributed by atoms with Crippen molar-refractivity contribution in [3.8, 4) is 5.75 Å². The molecule has 2 aromatic heterocycles. The number of nitrogens with zero attached hydrogens (tertiary/aromatic N) is 4. The highest BCUT2D eigenvalue weighted by Crippen LogP contribution is 2.30. The Morgan fingerprint density at radius 1 is 1.00 bits per heavy atom. The van der Waals surface area contributed by atoms with Crippen molar-refractivity contribution in [2.24, 2.45) is 5.73 Å². The van der Waals surface area contributed by atoms with E-state index in [2.05, 4.69) is 50.3 Å². The Kier molecular flexibility index (Phi) is 7.67. The van der Waals surface area contributed by atoms with Crippen LogP contribution in [-0.4, -0.2) is 59.6 Å². The second-order valence-corrected chi connectivity index (χ2v) is 8.68. The number of piperazine rings is 1. The molecule has 0 aliphatic carbocycles. The van der Waals surface area contributed by atoms with Crippen molar-refractivity contribution in [2.75, 3.05) is 48.3 Å². The summed E-state index contributed by atoms with van der Waals surface area (Å²) in [6.45, 7) is 11.0. The number of rotatable bonds is 9. The average molecular weight is 476 g/mol. The maximum Gasteiger partial charge on any atom is 0.252 e. The minimum absolute atomic E-state index is 0.283. The highest BCUT2D eigenvalue weighted by molar-refractivity contribution is 5.99. The molecule has 1 fully saturated rings. The van der Waals surface area contributed by atoms with Crippen LogP contribution in [0.5, 0.6) is 5.75 Å². The Balaban J connectivity index is 1.48. The monoisotopic (exact) mass is 475 g/mol. The Morgan fingerprint density at radius 3 is 2.40 bits per heavy atom. The summed E-state index contributed by atoms with van der Waals surface area (Å²) in [5, 5.41) is 6.48. The van der Waals surface area contributed by atoms with Gasteiger partial charge in [-0.25, -0.2) is 9.97 Å². The van der Waals surface area contributed by atoms with Crippen LogP contribution in [-0.2, 0) is 0 Å². The molecule has 1 saturated heterocycles. The number of aromatic nitrogens is 2. The predicted molar refractivity (Wildman–Crippen MR) is 140 cm³/mol. The van der Waals surface area contributed by atoms with Crippen molar-refractivity contribution in [1.29, 1.82) is 0 Å². The van der Waals surface area contributed by atoms with Gasteiger partial charge in [0.05, 0.1) is 35.4 Å². The topological polar surface area (TPSA) is 109 Å². The summed E-state index contributed by atoms with van der Waals surface area (Å²) >= 11 is 0. The summed E-state index contributed by atoms with van der Waals surface area (Å²) < 4.78 is 5.69. The molecule has 3 aromatic rings. The van der Waals surface area contributed by atoms with Gasteiger partial charge in [-0.1, -0.05) is 12.1 Å². The number of nitrogens with two attached hydrogens (primary N) is 1. The molecular weight excluding hydrogens is 442 g/mol. The predicted octanol–water partition coefficient (Wildman–Crippen LogP) is 3.99. The SMILES string of the molecule is CCOc1ccccc1Nc1cc(Nc2ccc(N3CCN(C(C)C)CC3)cn2)ncc1C(N)=O. The van der Waals surface area contributed by atoms with Crippen LogP contribution < -0.4 is 26.0 Å². The number of para-hydroxylation sites is 2. The number of benzene rings is 1. The molecule has 4 N–H and O–H groups in total. The van der Waals surface area contributed by atoms with Crippen LogP contribution >= 0.6 is 0 Å². The number of pyridine rings is 2. The van der Waals surface area contributed by atoms with Crippen molar-refractivity contribution < 1.29 is 9.53 Å².